The van der Waals surface area contributed by atoms with Crippen molar-refractivity contribution in [1.82, 2.24) is 0 Å². The molecular weight excluding hydrogens is 244 g/mol. The smallest absolute Gasteiger partial charge is 0.163 e. The molecule has 0 heterocycles. The van der Waals surface area contributed by atoms with Crippen LogP contribution in [0.3, 0.4) is 0 Å². The van der Waals surface area contributed by atoms with Crippen molar-refractivity contribution < 1.29 is 4.79 Å². The maximum atomic E-state index is 12.3. The molecule has 0 aliphatic heterocycles. The molecule has 0 unspecified atom stereocenters. The van der Waals surface area contributed by atoms with Gasteiger partial charge < -0.3 is 0 Å². The summed E-state index contributed by atoms with van der Waals surface area (Å²) < 4.78 is 0. The van der Waals surface area contributed by atoms with Crippen molar-refractivity contribution in [2.75, 3.05) is 0 Å². The van der Waals surface area contributed by atoms with Crippen molar-refractivity contribution in [3.05, 3.63) is 69.8 Å². The third-order valence-electron chi connectivity index (χ3n) is 3.89. The number of carbonyl (C=O) groups is 1. The van der Waals surface area contributed by atoms with Crippen molar-refractivity contribution in [3.8, 4) is 0 Å². The number of aryl methyl sites for hydroxylation is 5. The Morgan fingerprint density at radius 2 is 1.60 bits per heavy atom. The quantitative estimate of drug-likeness (QED) is 0.731. The van der Waals surface area contributed by atoms with E-state index in [9.17, 15) is 4.79 Å². The Bertz CT molecular complexity index is 638. The minimum Gasteiger partial charge on any atom is -0.294 e. The fourth-order valence-electron chi connectivity index (χ4n) is 2.48. The lowest BCUT2D eigenvalue weighted by molar-refractivity contribution is 0.0982. The van der Waals surface area contributed by atoms with Gasteiger partial charge in [0.25, 0.3) is 0 Å². The second-order valence-electron chi connectivity index (χ2n) is 5.66. The van der Waals surface area contributed by atoms with E-state index < -0.39 is 0 Å². The third kappa shape index (κ3) is 3.36. The van der Waals surface area contributed by atoms with Crippen LogP contribution in [0.2, 0.25) is 0 Å². The first-order valence-corrected chi connectivity index (χ1v) is 7.14. The summed E-state index contributed by atoms with van der Waals surface area (Å²) in [6.07, 6.45) is 1.39. The summed E-state index contributed by atoms with van der Waals surface area (Å²) in [5.41, 5.74) is 6.98. The highest BCUT2D eigenvalue weighted by atomic mass is 16.1. The van der Waals surface area contributed by atoms with Gasteiger partial charge in [0.05, 0.1) is 0 Å². The second kappa shape index (κ2) is 6.04. The normalized spacial score (nSPS) is 10.6. The van der Waals surface area contributed by atoms with Crippen LogP contribution in [-0.2, 0) is 6.42 Å². The lowest BCUT2D eigenvalue weighted by atomic mass is 9.97. The van der Waals surface area contributed by atoms with E-state index in [1.807, 2.05) is 19.1 Å². The standard InChI is InChI=1S/C19H22O/c1-13-5-9-18(16(4)11-13)19(20)10-8-17-7-6-14(2)15(3)12-17/h5-7,9,11-12H,8,10H2,1-4H3. The van der Waals surface area contributed by atoms with Gasteiger partial charge in [-0.15, -0.1) is 0 Å². The molecule has 0 amide bonds. The molecule has 0 atom stereocenters. The number of Topliss-reactive ketones (excluding diaryl/α,β-unsaturated/α-hetero) is 1. The summed E-state index contributed by atoms with van der Waals surface area (Å²) in [4.78, 5) is 12.3. The maximum Gasteiger partial charge on any atom is 0.163 e. The topological polar surface area (TPSA) is 17.1 Å². The molecule has 0 saturated carbocycles. The summed E-state index contributed by atoms with van der Waals surface area (Å²) in [7, 11) is 0. The number of rotatable bonds is 4. The van der Waals surface area contributed by atoms with E-state index in [0.717, 1.165) is 17.5 Å². The van der Waals surface area contributed by atoms with Crippen molar-refractivity contribution >= 4 is 5.78 Å². The molecule has 104 valence electrons. The van der Waals surface area contributed by atoms with Gasteiger partial charge in [0.15, 0.2) is 5.78 Å². The van der Waals surface area contributed by atoms with E-state index in [0.29, 0.717) is 6.42 Å². The Hall–Kier alpha value is -1.89. The first kappa shape index (κ1) is 14.5. The maximum absolute atomic E-state index is 12.3. The molecular formula is C19H22O. The molecule has 2 rings (SSSR count). The Labute approximate surface area is 121 Å². The molecule has 0 bridgehead atoms. The summed E-state index contributed by atoms with van der Waals surface area (Å²) in [5, 5.41) is 0. The van der Waals surface area contributed by atoms with E-state index in [1.165, 1.54) is 22.3 Å². The Kier molecular flexibility index (Phi) is 4.39. The van der Waals surface area contributed by atoms with E-state index >= 15 is 0 Å². The number of benzene rings is 2. The molecule has 1 heteroatoms. The molecule has 20 heavy (non-hydrogen) atoms. The van der Waals surface area contributed by atoms with E-state index in [4.69, 9.17) is 0 Å². The molecule has 1 nitrogen and oxygen atoms in total. The molecule has 2 aromatic rings. The fourth-order valence-corrected chi connectivity index (χ4v) is 2.48. The molecule has 0 aromatic heterocycles. The zero-order chi connectivity index (χ0) is 14.7. The molecule has 0 spiro atoms. The second-order valence-corrected chi connectivity index (χ2v) is 5.66. The largest absolute Gasteiger partial charge is 0.294 e. The fraction of sp³-hybridized carbons (Fsp3) is 0.316. The van der Waals surface area contributed by atoms with Gasteiger partial charge in [-0.25, -0.2) is 0 Å². The predicted molar refractivity (Wildman–Crippen MR) is 84.5 cm³/mol. The monoisotopic (exact) mass is 266 g/mol. The van der Waals surface area contributed by atoms with Crippen LogP contribution in [0.4, 0.5) is 0 Å². The van der Waals surface area contributed by atoms with Crippen LogP contribution in [0.25, 0.3) is 0 Å². The minimum absolute atomic E-state index is 0.237. The summed E-state index contributed by atoms with van der Waals surface area (Å²) in [5.74, 6) is 0.237. The summed E-state index contributed by atoms with van der Waals surface area (Å²) in [6.45, 7) is 8.29. The Morgan fingerprint density at radius 1 is 0.850 bits per heavy atom. The van der Waals surface area contributed by atoms with E-state index in [1.54, 1.807) is 0 Å². The average Bonchev–Trinajstić information content (AvgIpc) is 2.40. The first-order valence-electron chi connectivity index (χ1n) is 7.14. The van der Waals surface area contributed by atoms with Crippen LogP contribution in [0.5, 0.6) is 0 Å². The van der Waals surface area contributed by atoms with E-state index in [2.05, 4.69) is 45.0 Å². The zero-order valence-corrected chi connectivity index (χ0v) is 12.8. The highest BCUT2D eigenvalue weighted by Gasteiger charge is 2.09. The van der Waals surface area contributed by atoms with Crippen molar-refractivity contribution in [2.24, 2.45) is 0 Å². The van der Waals surface area contributed by atoms with Crippen LogP contribution in [0.15, 0.2) is 36.4 Å². The van der Waals surface area contributed by atoms with Crippen molar-refractivity contribution in [3.63, 3.8) is 0 Å². The lowest BCUT2D eigenvalue weighted by Gasteiger charge is -2.07. The Balaban J connectivity index is 2.06. The highest BCUT2D eigenvalue weighted by molar-refractivity contribution is 5.97. The third-order valence-corrected chi connectivity index (χ3v) is 3.89. The molecule has 0 aliphatic carbocycles. The minimum atomic E-state index is 0.237. The number of hydrogen-bond donors (Lipinski definition) is 0. The van der Waals surface area contributed by atoms with Gasteiger partial charge in [-0.1, -0.05) is 42.0 Å². The summed E-state index contributed by atoms with van der Waals surface area (Å²) >= 11 is 0. The number of ketones is 1. The molecule has 0 saturated heterocycles. The van der Waals surface area contributed by atoms with Gasteiger partial charge in [-0.2, -0.15) is 0 Å². The molecule has 0 radical (unpaired) electrons. The molecule has 0 aliphatic rings. The van der Waals surface area contributed by atoms with Gasteiger partial charge in [0.1, 0.15) is 0 Å². The van der Waals surface area contributed by atoms with Crippen LogP contribution < -0.4 is 0 Å². The van der Waals surface area contributed by atoms with Gasteiger partial charge >= 0.3 is 0 Å². The number of hydrogen-bond acceptors (Lipinski definition) is 1. The lowest BCUT2D eigenvalue weighted by Crippen LogP contribution is -2.04. The molecule has 2 aromatic carbocycles. The van der Waals surface area contributed by atoms with Crippen LogP contribution >= 0.6 is 0 Å². The molecule has 0 fully saturated rings. The van der Waals surface area contributed by atoms with Gasteiger partial charge in [0, 0.05) is 12.0 Å². The predicted octanol–water partition coefficient (Wildman–Crippen LogP) is 4.74. The van der Waals surface area contributed by atoms with Gasteiger partial charge in [-0.05, 0) is 56.4 Å². The van der Waals surface area contributed by atoms with Gasteiger partial charge in [0.2, 0.25) is 0 Å². The van der Waals surface area contributed by atoms with Crippen molar-refractivity contribution in [2.45, 2.75) is 40.5 Å². The van der Waals surface area contributed by atoms with Crippen LogP contribution in [-0.4, -0.2) is 5.78 Å². The number of carbonyl (C=O) groups excluding carboxylic acids is 1. The zero-order valence-electron chi connectivity index (χ0n) is 12.8. The first-order chi connectivity index (χ1) is 9.47. The van der Waals surface area contributed by atoms with Crippen LogP contribution in [0, 0.1) is 27.7 Å². The highest BCUT2D eigenvalue weighted by Crippen LogP contribution is 2.16. The van der Waals surface area contributed by atoms with E-state index in [-0.39, 0.29) is 5.78 Å². The van der Waals surface area contributed by atoms with Gasteiger partial charge in [-0.3, -0.25) is 4.79 Å². The Morgan fingerprint density at radius 3 is 2.25 bits per heavy atom. The average molecular weight is 266 g/mol. The molecule has 0 N–H and O–H groups in total. The van der Waals surface area contributed by atoms with Crippen LogP contribution in [0.1, 0.15) is 44.6 Å². The van der Waals surface area contributed by atoms with Crippen molar-refractivity contribution in [1.29, 1.82) is 0 Å². The summed E-state index contributed by atoms with van der Waals surface area (Å²) in [6, 6.07) is 12.5. The SMILES string of the molecule is Cc1ccc(C(=O)CCc2ccc(C)c(C)c2)c(C)c1.